The molecule has 0 radical (unpaired) electrons. The average Bonchev–Trinajstić information content (AvgIpc) is 3.03. The van der Waals surface area contributed by atoms with E-state index in [4.69, 9.17) is 18.9 Å². The molecule has 0 saturated carbocycles. The van der Waals surface area contributed by atoms with E-state index < -0.39 is 91.1 Å². The van der Waals surface area contributed by atoms with Crippen molar-refractivity contribution >= 4 is 40.1 Å². The number of carbonyl (C=O) groups excluding carboxylic acids is 4. The van der Waals surface area contributed by atoms with Gasteiger partial charge < -0.3 is 49.3 Å². The van der Waals surface area contributed by atoms with Crippen molar-refractivity contribution in [3.63, 3.8) is 0 Å². The van der Waals surface area contributed by atoms with Gasteiger partial charge in [-0.25, -0.2) is 4.79 Å². The molecule has 2 aliphatic heterocycles. The number of ether oxygens (including phenoxy) is 4. The van der Waals surface area contributed by atoms with Crippen molar-refractivity contribution in [1.29, 1.82) is 0 Å². The number of esters is 1. The number of rotatable bonds is 10. The second kappa shape index (κ2) is 20.5. The Kier molecular flexibility index (Phi) is 17.9. The molecule has 0 unspecified atom stereocenters. The molecule has 0 bridgehead atoms. The first-order chi connectivity index (χ1) is 22.6. The second-order valence-corrected chi connectivity index (χ2v) is 13.9. The number of hydrogen-bond acceptors (Lipinski definition) is 12. The number of aliphatic hydroxyl groups excluding tert-OH is 3. The summed E-state index contributed by atoms with van der Waals surface area (Å²) < 4.78 is 23.5. The molecule has 14 heteroatoms. The molecule has 1 fully saturated rings. The maximum atomic E-state index is 13.3. The summed E-state index contributed by atoms with van der Waals surface area (Å²) in [4.78, 5) is 52.4. The van der Waals surface area contributed by atoms with Crippen LogP contribution in [0.3, 0.4) is 0 Å². The molecule has 0 aliphatic carbocycles. The maximum Gasteiger partial charge on any atom is 0.407 e. The van der Waals surface area contributed by atoms with Crippen LogP contribution in [0.5, 0.6) is 0 Å². The SMILES string of the molecule is CC[C@H]1OC(=O)C[C@@H](O)[C@H](C)[C@@H](O[C@@H]2O[C@H](C)[C@@H](O)[C@H](N(C)C)[C@H]2O)[C@@H](CC=O)C[C@@H](C)C(=O)/C=C/C(C)=C/[C@@H]1COC(=O)NCCBr. The monoisotopic (exact) mass is 746 g/mol. The van der Waals surface area contributed by atoms with Crippen LogP contribution in [0.15, 0.2) is 23.8 Å². The highest BCUT2D eigenvalue weighted by atomic mass is 79.9. The van der Waals surface area contributed by atoms with E-state index in [0.717, 1.165) is 0 Å². The fourth-order valence-corrected chi connectivity index (χ4v) is 6.48. The molecule has 13 nitrogen and oxygen atoms in total. The number of hydrogen-bond donors (Lipinski definition) is 4. The quantitative estimate of drug-likeness (QED) is 0.146. The van der Waals surface area contributed by atoms with Crippen LogP contribution in [0, 0.1) is 23.7 Å². The zero-order chi connectivity index (χ0) is 36.1. The number of cyclic esters (lactones) is 1. The summed E-state index contributed by atoms with van der Waals surface area (Å²) in [5.74, 6) is -3.37. The van der Waals surface area contributed by atoms with Crippen molar-refractivity contribution < 1.29 is 53.4 Å². The highest BCUT2D eigenvalue weighted by Gasteiger charge is 2.47. The Bertz CT molecular complexity index is 1120. The van der Waals surface area contributed by atoms with E-state index in [0.29, 0.717) is 30.2 Å². The molecular formula is C34H55BrN2O11. The molecule has 2 rings (SSSR count). The number of alkyl carbamates (subject to hydrolysis) is 1. The van der Waals surface area contributed by atoms with Gasteiger partial charge in [0.05, 0.1) is 36.9 Å². The highest BCUT2D eigenvalue weighted by molar-refractivity contribution is 9.09. The van der Waals surface area contributed by atoms with Crippen LogP contribution < -0.4 is 5.32 Å². The number of halogens is 1. The molecule has 0 aromatic rings. The van der Waals surface area contributed by atoms with Crippen LogP contribution in [0.1, 0.15) is 60.3 Å². The Morgan fingerprint density at radius 3 is 2.44 bits per heavy atom. The molecular weight excluding hydrogens is 692 g/mol. The Morgan fingerprint density at radius 1 is 1.15 bits per heavy atom. The molecule has 0 spiro atoms. The summed E-state index contributed by atoms with van der Waals surface area (Å²) in [5.41, 5.74) is 0.682. The Hall–Kier alpha value is -2.20. The Balaban J connectivity index is 2.49. The van der Waals surface area contributed by atoms with E-state index in [1.165, 1.54) is 6.08 Å². The number of allylic oxidation sites excluding steroid dienone is 3. The summed E-state index contributed by atoms with van der Waals surface area (Å²) in [6.07, 6.45) is -2.11. The summed E-state index contributed by atoms with van der Waals surface area (Å²) >= 11 is 3.24. The lowest BCUT2D eigenvalue weighted by molar-refractivity contribution is -0.304. The fourth-order valence-electron chi connectivity index (χ4n) is 6.29. The third kappa shape index (κ3) is 12.3. The van der Waals surface area contributed by atoms with Gasteiger partial charge in [0.2, 0.25) is 0 Å². The van der Waals surface area contributed by atoms with E-state index in [1.807, 2.05) is 6.92 Å². The van der Waals surface area contributed by atoms with Crippen molar-refractivity contribution in [1.82, 2.24) is 10.2 Å². The number of likely N-dealkylation sites (N-methyl/N-ethyl adjacent to an activating group) is 1. The Labute approximate surface area is 292 Å². The first-order valence-electron chi connectivity index (χ1n) is 16.7. The van der Waals surface area contributed by atoms with Crippen molar-refractivity contribution in [2.75, 3.05) is 32.6 Å². The van der Waals surface area contributed by atoms with Gasteiger partial charge >= 0.3 is 12.1 Å². The fraction of sp³-hybridized carbons (Fsp3) is 0.765. The standard InChI is InChI=1S/C34H55BrN2O11/c1-8-27-24(18-45-34(44)36-13-12-35)15-19(2)9-10-25(39)20(3)16-23(11-14-38)32(21(4)26(40)17-28(41)47-27)48-33-31(43)29(37(6)7)30(42)22(5)46-33/h9-10,14-15,20-24,26-27,29-33,40,42-43H,8,11-13,16-18H2,1-7H3,(H,36,44)/b10-9+,19-15+/t20-,21+,22-,23+,24-,26-,27-,29+,30-,31-,32-,33+/m1/s1. The lowest BCUT2D eigenvalue weighted by Gasteiger charge is -2.46. The lowest BCUT2D eigenvalue weighted by atomic mass is 9.79. The third-order valence-corrected chi connectivity index (χ3v) is 9.52. The van der Waals surface area contributed by atoms with Crippen molar-refractivity contribution in [2.24, 2.45) is 23.7 Å². The molecule has 0 aromatic heterocycles. The van der Waals surface area contributed by atoms with Gasteiger partial charge in [0, 0.05) is 36.0 Å². The van der Waals surface area contributed by atoms with Gasteiger partial charge in [-0.1, -0.05) is 54.4 Å². The molecule has 4 N–H and O–H groups in total. The molecule has 0 aromatic carbocycles. The predicted molar refractivity (Wildman–Crippen MR) is 181 cm³/mol. The first-order valence-corrected chi connectivity index (χ1v) is 17.8. The smallest absolute Gasteiger partial charge is 0.407 e. The van der Waals surface area contributed by atoms with E-state index in [9.17, 15) is 34.5 Å². The van der Waals surface area contributed by atoms with Gasteiger partial charge in [-0.15, -0.1) is 0 Å². The number of aldehydes is 1. The van der Waals surface area contributed by atoms with E-state index in [1.54, 1.807) is 58.8 Å². The Morgan fingerprint density at radius 2 is 1.83 bits per heavy atom. The van der Waals surface area contributed by atoms with Gasteiger partial charge in [0.15, 0.2) is 12.1 Å². The van der Waals surface area contributed by atoms with Crippen molar-refractivity contribution in [2.45, 2.75) is 109 Å². The minimum atomic E-state index is -1.30. The van der Waals surface area contributed by atoms with Gasteiger partial charge in [-0.05, 0) is 52.8 Å². The number of aliphatic hydroxyl groups is 3. The minimum Gasteiger partial charge on any atom is -0.462 e. The molecule has 12 atom stereocenters. The average molecular weight is 748 g/mol. The molecule has 1 amide bonds. The number of alkyl halides is 1. The number of nitrogens with one attached hydrogen (secondary N) is 1. The van der Waals surface area contributed by atoms with Gasteiger partial charge in [-0.2, -0.15) is 0 Å². The summed E-state index contributed by atoms with van der Waals surface area (Å²) in [6.45, 7) is 8.93. The zero-order valence-corrected chi connectivity index (χ0v) is 30.7. The number of carbonyl (C=O) groups is 4. The topological polar surface area (TPSA) is 181 Å². The zero-order valence-electron chi connectivity index (χ0n) is 29.1. The first kappa shape index (κ1) is 42.0. The van der Waals surface area contributed by atoms with Crippen LogP contribution in [-0.2, 0) is 33.3 Å². The number of amides is 1. The normalized spacial score (nSPS) is 37.6. The van der Waals surface area contributed by atoms with Crippen LogP contribution in [0.25, 0.3) is 0 Å². The van der Waals surface area contributed by atoms with E-state index in [-0.39, 0.29) is 25.2 Å². The summed E-state index contributed by atoms with van der Waals surface area (Å²) in [7, 11) is 3.42. The molecule has 1 saturated heterocycles. The maximum absolute atomic E-state index is 13.3. The summed E-state index contributed by atoms with van der Waals surface area (Å²) in [6, 6.07) is -0.731. The largest absolute Gasteiger partial charge is 0.462 e. The van der Waals surface area contributed by atoms with Gasteiger partial charge in [-0.3, -0.25) is 9.59 Å². The van der Waals surface area contributed by atoms with E-state index >= 15 is 0 Å². The molecule has 48 heavy (non-hydrogen) atoms. The van der Waals surface area contributed by atoms with Crippen LogP contribution >= 0.6 is 15.9 Å². The van der Waals surface area contributed by atoms with Gasteiger partial charge in [0.25, 0.3) is 0 Å². The minimum absolute atomic E-state index is 0.0205. The van der Waals surface area contributed by atoms with Crippen LogP contribution in [0.2, 0.25) is 0 Å². The van der Waals surface area contributed by atoms with Crippen LogP contribution in [-0.4, -0.2) is 126 Å². The van der Waals surface area contributed by atoms with E-state index in [2.05, 4.69) is 21.2 Å². The molecule has 2 heterocycles. The highest BCUT2D eigenvalue weighted by Crippen LogP contribution is 2.34. The number of ketones is 1. The lowest BCUT2D eigenvalue weighted by Crippen LogP contribution is -2.63. The van der Waals surface area contributed by atoms with Crippen LogP contribution in [0.4, 0.5) is 4.79 Å². The molecule has 2 aliphatic rings. The van der Waals surface area contributed by atoms with Crippen molar-refractivity contribution in [3.8, 4) is 0 Å². The molecule has 274 valence electrons. The third-order valence-electron chi connectivity index (χ3n) is 9.12. The predicted octanol–water partition coefficient (Wildman–Crippen LogP) is 2.53. The van der Waals surface area contributed by atoms with Crippen molar-refractivity contribution in [3.05, 3.63) is 23.8 Å². The summed E-state index contributed by atoms with van der Waals surface area (Å²) in [5, 5.41) is 36.5. The second-order valence-electron chi connectivity index (χ2n) is 13.1. The van der Waals surface area contributed by atoms with Gasteiger partial charge in [0.1, 0.15) is 25.1 Å². The number of nitrogens with zero attached hydrogens (tertiary/aromatic N) is 1.